The lowest BCUT2D eigenvalue weighted by molar-refractivity contribution is -0.137. The highest BCUT2D eigenvalue weighted by atomic mass is 32.2. The van der Waals surface area contributed by atoms with Gasteiger partial charge < -0.3 is 9.84 Å². The van der Waals surface area contributed by atoms with Gasteiger partial charge in [0.2, 0.25) is 0 Å². The third-order valence-electron chi connectivity index (χ3n) is 4.97. The van der Waals surface area contributed by atoms with Crippen LogP contribution in [0, 0.1) is 0 Å². The minimum Gasteiger partial charge on any atom is -0.487 e. The third-order valence-corrected chi connectivity index (χ3v) is 6.44. The van der Waals surface area contributed by atoms with Crippen LogP contribution < -0.4 is 9.46 Å². The predicted octanol–water partition coefficient (Wildman–Crippen LogP) is 5.91. The fourth-order valence-corrected chi connectivity index (χ4v) is 4.57. The number of rotatable bonds is 10. The SMILES string of the molecule is C=CCc1ccccc1S(=O)(=O)Nc1ccc(C(F)(F)F)cc1OCc1ccc(/C=C/C(=O)O)cc1. The van der Waals surface area contributed by atoms with Gasteiger partial charge in [-0.1, -0.05) is 48.5 Å². The van der Waals surface area contributed by atoms with Crippen LogP contribution in [0.15, 0.2) is 90.4 Å². The zero-order valence-electron chi connectivity index (χ0n) is 18.8. The van der Waals surface area contributed by atoms with Gasteiger partial charge in [-0.3, -0.25) is 4.72 Å². The number of aliphatic carboxylic acids is 1. The molecule has 0 fully saturated rings. The van der Waals surface area contributed by atoms with Gasteiger partial charge in [-0.15, -0.1) is 6.58 Å². The molecule has 0 aliphatic heterocycles. The second-order valence-corrected chi connectivity index (χ2v) is 9.27. The Morgan fingerprint density at radius 1 is 1.06 bits per heavy atom. The fourth-order valence-electron chi connectivity index (χ4n) is 3.25. The minimum absolute atomic E-state index is 0.0271. The van der Waals surface area contributed by atoms with E-state index < -0.39 is 27.7 Å². The van der Waals surface area contributed by atoms with E-state index in [0.29, 0.717) is 16.7 Å². The molecular formula is C26H22F3NO5S. The van der Waals surface area contributed by atoms with Gasteiger partial charge >= 0.3 is 12.1 Å². The average molecular weight is 518 g/mol. The molecule has 0 bridgehead atoms. The molecule has 36 heavy (non-hydrogen) atoms. The van der Waals surface area contributed by atoms with Gasteiger partial charge in [0.1, 0.15) is 12.4 Å². The summed E-state index contributed by atoms with van der Waals surface area (Å²) in [7, 11) is -4.15. The number of benzene rings is 3. The number of halogens is 3. The molecule has 0 saturated heterocycles. The van der Waals surface area contributed by atoms with E-state index in [2.05, 4.69) is 11.3 Å². The number of carbonyl (C=O) groups is 1. The van der Waals surface area contributed by atoms with E-state index in [-0.39, 0.29) is 29.4 Å². The van der Waals surface area contributed by atoms with Crippen molar-refractivity contribution in [3.05, 3.63) is 108 Å². The molecule has 0 aliphatic rings. The lowest BCUT2D eigenvalue weighted by Gasteiger charge is -2.17. The molecule has 0 amide bonds. The first-order chi connectivity index (χ1) is 17.0. The van der Waals surface area contributed by atoms with Crippen molar-refractivity contribution in [2.24, 2.45) is 0 Å². The average Bonchev–Trinajstić information content (AvgIpc) is 2.82. The van der Waals surface area contributed by atoms with Crippen LogP contribution >= 0.6 is 0 Å². The first kappa shape index (κ1) is 26.6. The van der Waals surface area contributed by atoms with Gasteiger partial charge in [0.25, 0.3) is 10.0 Å². The number of nitrogens with one attached hydrogen (secondary N) is 1. The highest BCUT2D eigenvalue weighted by Gasteiger charge is 2.32. The second-order valence-electron chi connectivity index (χ2n) is 7.62. The summed E-state index contributed by atoms with van der Waals surface area (Å²) in [5.74, 6) is -1.40. The fraction of sp³-hybridized carbons (Fsp3) is 0.115. The van der Waals surface area contributed by atoms with Crippen LogP contribution in [0.5, 0.6) is 5.75 Å². The Hall–Kier alpha value is -4.05. The van der Waals surface area contributed by atoms with Gasteiger partial charge in [0.15, 0.2) is 0 Å². The number of allylic oxidation sites excluding steroid dienone is 1. The first-order valence-electron chi connectivity index (χ1n) is 10.6. The summed E-state index contributed by atoms with van der Waals surface area (Å²) in [6.45, 7) is 3.45. The molecule has 3 aromatic carbocycles. The largest absolute Gasteiger partial charge is 0.487 e. The Morgan fingerprint density at radius 2 is 1.75 bits per heavy atom. The van der Waals surface area contributed by atoms with Gasteiger partial charge in [-0.05, 0) is 53.5 Å². The normalized spacial score (nSPS) is 11.9. The van der Waals surface area contributed by atoms with Crippen LogP contribution in [-0.4, -0.2) is 19.5 Å². The quantitative estimate of drug-likeness (QED) is 0.258. The van der Waals surface area contributed by atoms with Gasteiger partial charge in [-0.2, -0.15) is 13.2 Å². The maximum absolute atomic E-state index is 13.3. The van der Waals surface area contributed by atoms with Crippen molar-refractivity contribution in [1.29, 1.82) is 0 Å². The van der Waals surface area contributed by atoms with Crippen LogP contribution in [0.3, 0.4) is 0 Å². The lowest BCUT2D eigenvalue weighted by atomic mass is 10.1. The summed E-state index contributed by atoms with van der Waals surface area (Å²) in [5.41, 5.74) is 0.502. The van der Waals surface area contributed by atoms with Crippen molar-refractivity contribution in [3.63, 3.8) is 0 Å². The van der Waals surface area contributed by atoms with E-state index in [1.807, 2.05) is 0 Å². The number of sulfonamides is 1. The van der Waals surface area contributed by atoms with Crippen molar-refractivity contribution in [3.8, 4) is 5.75 Å². The Morgan fingerprint density at radius 3 is 2.39 bits per heavy atom. The minimum atomic E-state index is -4.66. The number of hydrogen-bond acceptors (Lipinski definition) is 4. The molecule has 0 atom stereocenters. The van der Waals surface area contributed by atoms with E-state index in [1.54, 1.807) is 48.5 Å². The summed E-state index contributed by atoms with van der Waals surface area (Å²) >= 11 is 0. The molecule has 0 saturated carbocycles. The number of ether oxygens (including phenoxy) is 1. The van der Waals surface area contributed by atoms with Gasteiger partial charge in [-0.25, -0.2) is 13.2 Å². The zero-order valence-corrected chi connectivity index (χ0v) is 19.6. The van der Waals surface area contributed by atoms with Crippen LogP contribution in [0.4, 0.5) is 18.9 Å². The molecule has 0 unspecified atom stereocenters. The maximum atomic E-state index is 13.3. The standard InChI is InChI=1S/C26H22F3NO5S/c1-2-5-20-6-3-4-7-24(20)36(33,34)30-22-14-13-21(26(27,28)29)16-23(22)35-17-19-10-8-18(9-11-19)12-15-25(31)32/h2-4,6-16,30H,1,5,17H2,(H,31,32)/b15-12+. The predicted molar refractivity (Wildman–Crippen MR) is 130 cm³/mol. The molecule has 0 heterocycles. The van der Waals surface area contributed by atoms with Crippen LogP contribution in [0.1, 0.15) is 22.3 Å². The van der Waals surface area contributed by atoms with Crippen LogP contribution in [0.25, 0.3) is 6.08 Å². The van der Waals surface area contributed by atoms with Crippen molar-refractivity contribution in [1.82, 2.24) is 0 Å². The molecule has 0 radical (unpaired) electrons. The molecule has 0 aromatic heterocycles. The third kappa shape index (κ3) is 6.98. The summed E-state index contributed by atoms with van der Waals surface area (Å²) in [5, 5.41) is 8.70. The summed E-state index contributed by atoms with van der Waals surface area (Å²) < 4.78 is 74.1. The zero-order chi connectivity index (χ0) is 26.3. The second kappa shape index (κ2) is 11.1. The van der Waals surface area contributed by atoms with Gasteiger partial charge in [0.05, 0.1) is 16.1 Å². The highest BCUT2D eigenvalue weighted by molar-refractivity contribution is 7.92. The molecule has 3 aromatic rings. The number of hydrogen-bond donors (Lipinski definition) is 2. The highest BCUT2D eigenvalue weighted by Crippen LogP contribution is 2.36. The summed E-state index contributed by atoms with van der Waals surface area (Å²) in [6, 6.07) is 15.2. The van der Waals surface area contributed by atoms with Gasteiger partial charge in [0, 0.05) is 6.08 Å². The number of carboxylic acid groups (broad SMARTS) is 1. The molecule has 188 valence electrons. The molecule has 2 N–H and O–H groups in total. The molecule has 10 heteroatoms. The smallest absolute Gasteiger partial charge is 0.416 e. The lowest BCUT2D eigenvalue weighted by Crippen LogP contribution is -2.16. The number of carboxylic acids is 1. The molecule has 0 aliphatic carbocycles. The topological polar surface area (TPSA) is 92.7 Å². The first-order valence-corrected chi connectivity index (χ1v) is 12.0. The van der Waals surface area contributed by atoms with Crippen molar-refractivity contribution < 1.29 is 36.2 Å². The molecule has 3 rings (SSSR count). The Labute approximate surface area is 206 Å². The molecule has 6 nitrogen and oxygen atoms in total. The van der Waals surface area contributed by atoms with Crippen LogP contribution in [-0.2, 0) is 34.0 Å². The van der Waals surface area contributed by atoms with Crippen LogP contribution in [0.2, 0.25) is 0 Å². The monoisotopic (exact) mass is 517 g/mol. The Kier molecular flexibility index (Phi) is 8.21. The summed E-state index contributed by atoms with van der Waals surface area (Å²) in [6.07, 6.45) is -0.477. The number of alkyl halides is 3. The van der Waals surface area contributed by atoms with E-state index >= 15 is 0 Å². The van der Waals surface area contributed by atoms with Crippen molar-refractivity contribution in [2.75, 3.05) is 4.72 Å². The number of anilines is 1. The van der Waals surface area contributed by atoms with Crippen molar-refractivity contribution in [2.45, 2.75) is 24.1 Å². The van der Waals surface area contributed by atoms with Crippen molar-refractivity contribution >= 4 is 27.8 Å². The van der Waals surface area contributed by atoms with E-state index in [9.17, 15) is 26.4 Å². The van der Waals surface area contributed by atoms with E-state index in [1.165, 1.54) is 12.1 Å². The van der Waals surface area contributed by atoms with E-state index in [0.717, 1.165) is 24.3 Å². The summed E-state index contributed by atoms with van der Waals surface area (Å²) in [4.78, 5) is 10.6. The Bertz CT molecular complexity index is 1380. The maximum Gasteiger partial charge on any atom is 0.416 e. The molecular weight excluding hydrogens is 495 g/mol. The van der Waals surface area contributed by atoms with E-state index in [4.69, 9.17) is 9.84 Å². The Balaban J connectivity index is 1.90. The molecule has 0 spiro atoms.